The van der Waals surface area contributed by atoms with Gasteiger partial charge in [-0.1, -0.05) is 12.1 Å². The third-order valence-electron chi connectivity index (χ3n) is 6.19. The van der Waals surface area contributed by atoms with Gasteiger partial charge in [-0.3, -0.25) is 4.79 Å². The largest absolute Gasteiger partial charge is 0.497 e. The summed E-state index contributed by atoms with van der Waals surface area (Å²) in [6.07, 6.45) is 3.71. The maximum atomic E-state index is 13.2. The van der Waals surface area contributed by atoms with Gasteiger partial charge in [0.1, 0.15) is 5.75 Å². The van der Waals surface area contributed by atoms with Crippen molar-refractivity contribution in [1.82, 2.24) is 9.88 Å². The highest BCUT2D eigenvalue weighted by molar-refractivity contribution is 7.92. The molecule has 0 atom stereocenters. The number of rotatable bonds is 5. The Kier molecular flexibility index (Phi) is 5.79. The molecular formula is C24H28N2O4S. The fourth-order valence-electron chi connectivity index (χ4n) is 4.30. The Morgan fingerprint density at radius 1 is 1.13 bits per heavy atom. The Morgan fingerprint density at radius 2 is 1.84 bits per heavy atom. The summed E-state index contributed by atoms with van der Waals surface area (Å²) in [6, 6.07) is 12.5. The molecule has 1 N–H and O–H groups in total. The van der Waals surface area contributed by atoms with Gasteiger partial charge in [0.15, 0.2) is 9.84 Å². The minimum absolute atomic E-state index is 0.126. The Morgan fingerprint density at radius 3 is 2.52 bits per heavy atom. The van der Waals surface area contributed by atoms with Gasteiger partial charge in [-0.15, -0.1) is 0 Å². The second kappa shape index (κ2) is 8.38. The second-order valence-corrected chi connectivity index (χ2v) is 10.8. The maximum absolute atomic E-state index is 13.2. The van der Waals surface area contributed by atoms with Crippen LogP contribution in [-0.4, -0.2) is 49.7 Å². The molecule has 1 fully saturated rings. The summed E-state index contributed by atoms with van der Waals surface area (Å²) in [7, 11) is -1.87. The van der Waals surface area contributed by atoms with Crippen LogP contribution < -0.4 is 4.74 Å². The van der Waals surface area contributed by atoms with Crippen molar-refractivity contribution in [2.24, 2.45) is 0 Å². The molecule has 1 saturated heterocycles. The number of sulfone groups is 1. The molecule has 0 saturated carbocycles. The van der Waals surface area contributed by atoms with Crippen LogP contribution in [0, 0.1) is 0 Å². The molecule has 7 heteroatoms. The average molecular weight is 441 g/mol. The molecule has 3 aromatic rings. The van der Waals surface area contributed by atoms with E-state index in [2.05, 4.69) is 11.2 Å². The quantitative estimate of drug-likeness (QED) is 0.639. The van der Waals surface area contributed by atoms with Gasteiger partial charge in [-0.05, 0) is 68.5 Å². The molecule has 0 radical (unpaired) electrons. The number of carbonyl (C=O) groups is 1. The van der Waals surface area contributed by atoms with Crippen LogP contribution in [-0.2, 0) is 9.84 Å². The lowest BCUT2D eigenvalue weighted by atomic mass is 9.89. The molecule has 2 heterocycles. The van der Waals surface area contributed by atoms with Gasteiger partial charge in [0, 0.05) is 30.2 Å². The maximum Gasteiger partial charge on any atom is 0.255 e. The van der Waals surface area contributed by atoms with Gasteiger partial charge < -0.3 is 14.6 Å². The van der Waals surface area contributed by atoms with E-state index in [1.165, 1.54) is 11.6 Å². The van der Waals surface area contributed by atoms with Crippen LogP contribution in [0.3, 0.4) is 0 Å². The minimum atomic E-state index is -3.53. The van der Waals surface area contributed by atoms with Crippen molar-refractivity contribution in [2.75, 3.05) is 20.2 Å². The minimum Gasteiger partial charge on any atom is -0.497 e. The van der Waals surface area contributed by atoms with Gasteiger partial charge in [-0.2, -0.15) is 0 Å². The number of ether oxygens (including phenoxy) is 1. The van der Waals surface area contributed by atoms with Gasteiger partial charge in [-0.25, -0.2) is 8.42 Å². The number of hydrogen-bond donors (Lipinski definition) is 1. The first-order valence-corrected chi connectivity index (χ1v) is 12.1. The zero-order valence-corrected chi connectivity index (χ0v) is 18.9. The number of H-pyrrole nitrogens is 1. The number of nitrogens with one attached hydrogen (secondary N) is 1. The first-order chi connectivity index (χ1) is 14.8. The van der Waals surface area contributed by atoms with Crippen molar-refractivity contribution in [1.29, 1.82) is 0 Å². The number of benzene rings is 2. The molecular weight excluding hydrogens is 412 g/mol. The normalized spacial score (nSPS) is 15.5. The first kappa shape index (κ1) is 21.4. The summed E-state index contributed by atoms with van der Waals surface area (Å²) >= 11 is 0. The summed E-state index contributed by atoms with van der Waals surface area (Å²) in [5.41, 5.74) is 2.58. The highest BCUT2D eigenvalue weighted by Crippen LogP contribution is 2.35. The van der Waals surface area contributed by atoms with Crippen molar-refractivity contribution >= 4 is 26.6 Å². The highest BCUT2D eigenvalue weighted by Gasteiger charge is 2.30. The number of aromatic amines is 1. The molecule has 164 valence electrons. The van der Waals surface area contributed by atoms with Crippen molar-refractivity contribution < 1.29 is 17.9 Å². The molecule has 31 heavy (non-hydrogen) atoms. The van der Waals surface area contributed by atoms with Crippen LogP contribution in [0.1, 0.15) is 48.5 Å². The van der Waals surface area contributed by atoms with E-state index in [1.54, 1.807) is 44.1 Å². The van der Waals surface area contributed by atoms with E-state index in [0.29, 0.717) is 19.0 Å². The lowest BCUT2D eigenvalue weighted by molar-refractivity contribution is 0.0709. The number of nitrogens with zero attached hydrogens (tertiary/aromatic N) is 1. The van der Waals surface area contributed by atoms with Crippen LogP contribution in [0.4, 0.5) is 0 Å². The fraction of sp³-hybridized carbons (Fsp3) is 0.375. The first-order valence-electron chi connectivity index (χ1n) is 10.6. The summed E-state index contributed by atoms with van der Waals surface area (Å²) < 4.78 is 30.9. The number of likely N-dealkylation sites (tertiary alicyclic amines) is 1. The Labute approximate surface area is 183 Å². The molecule has 0 spiro atoms. The molecule has 1 aliphatic rings. The van der Waals surface area contributed by atoms with E-state index in [9.17, 15) is 13.2 Å². The molecule has 6 nitrogen and oxygen atoms in total. The SMILES string of the molecule is COc1ccc2[nH]cc(C3CCN(C(=O)c4ccccc4S(=O)(=O)C(C)C)CC3)c2c1. The van der Waals surface area contributed by atoms with Gasteiger partial charge in [0.2, 0.25) is 0 Å². The molecule has 0 unspecified atom stereocenters. The predicted octanol–water partition coefficient (Wildman–Crippen LogP) is 4.38. The number of hydrogen-bond acceptors (Lipinski definition) is 4. The molecule has 1 aromatic heterocycles. The van der Waals surface area contributed by atoms with Crippen LogP contribution in [0.2, 0.25) is 0 Å². The number of carbonyl (C=O) groups excluding carboxylic acids is 1. The standard InChI is InChI=1S/C24H28N2O4S/c1-16(2)31(28,29)23-7-5-4-6-19(23)24(27)26-12-10-17(11-13-26)21-15-25-22-9-8-18(30-3)14-20(21)22/h4-9,14-17,25H,10-13H2,1-3H3. The van der Waals surface area contributed by atoms with Crippen LogP contribution in [0.5, 0.6) is 5.75 Å². The number of fused-ring (bicyclic) bond motifs is 1. The molecule has 4 rings (SSSR count). The zero-order valence-electron chi connectivity index (χ0n) is 18.1. The fourth-order valence-corrected chi connectivity index (χ4v) is 5.53. The van der Waals surface area contributed by atoms with Crippen molar-refractivity contribution in [3.63, 3.8) is 0 Å². The van der Waals surface area contributed by atoms with E-state index in [0.717, 1.165) is 29.5 Å². The average Bonchev–Trinajstić information content (AvgIpc) is 3.21. The van der Waals surface area contributed by atoms with E-state index in [4.69, 9.17) is 4.74 Å². The zero-order chi connectivity index (χ0) is 22.2. The number of amides is 1. The van der Waals surface area contributed by atoms with E-state index >= 15 is 0 Å². The van der Waals surface area contributed by atoms with Crippen LogP contribution in [0.15, 0.2) is 53.6 Å². The Bertz CT molecular complexity index is 1210. The van der Waals surface area contributed by atoms with Crippen molar-refractivity contribution in [3.8, 4) is 5.75 Å². The van der Waals surface area contributed by atoms with E-state index < -0.39 is 15.1 Å². The molecule has 1 amide bonds. The number of aromatic nitrogens is 1. The van der Waals surface area contributed by atoms with Gasteiger partial charge in [0.25, 0.3) is 5.91 Å². The molecule has 2 aromatic carbocycles. The number of methoxy groups -OCH3 is 1. The number of piperidine rings is 1. The topological polar surface area (TPSA) is 79.5 Å². The van der Waals surface area contributed by atoms with Crippen molar-refractivity contribution in [2.45, 2.75) is 42.8 Å². The second-order valence-electron chi connectivity index (χ2n) is 8.31. The lowest BCUT2D eigenvalue weighted by Crippen LogP contribution is -2.38. The molecule has 0 bridgehead atoms. The monoisotopic (exact) mass is 440 g/mol. The summed E-state index contributed by atoms with van der Waals surface area (Å²) in [5, 5.41) is 0.573. The Hall–Kier alpha value is -2.80. The lowest BCUT2D eigenvalue weighted by Gasteiger charge is -2.32. The Balaban J connectivity index is 1.53. The van der Waals surface area contributed by atoms with Crippen molar-refractivity contribution in [3.05, 3.63) is 59.8 Å². The van der Waals surface area contributed by atoms with Gasteiger partial charge in [0.05, 0.1) is 22.8 Å². The van der Waals surface area contributed by atoms with Gasteiger partial charge >= 0.3 is 0 Å². The van der Waals surface area contributed by atoms with Crippen LogP contribution in [0.25, 0.3) is 10.9 Å². The summed E-state index contributed by atoms with van der Waals surface area (Å²) in [6.45, 7) is 4.46. The van der Waals surface area contributed by atoms with Crippen LogP contribution >= 0.6 is 0 Å². The summed E-state index contributed by atoms with van der Waals surface area (Å²) in [5.74, 6) is 0.947. The molecule has 1 aliphatic heterocycles. The summed E-state index contributed by atoms with van der Waals surface area (Å²) in [4.78, 5) is 18.5. The van der Waals surface area contributed by atoms with E-state index in [1.807, 2.05) is 18.2 Å². The smallest absolute Gasteiger partial charge is 0.255 e. The third-order valence-corrected chi connectivity index (χ3v) is 8.40. The van der Waals surface area contributed by atoms with E-state index in [-0.39, 0.29) is 16.4 Å². The predicted molar refractivity (Wildman–Crippen MR) is 121 cm³/mol. The third kappa shape index (κ3) is 3.94. The highest BCUT2D eigenvalue weighted by atomic mass is 32.2. The molecule has 0 aliphatic carbocycles.